The summed E-state index contributed by atoms with van der Waals surface area (Å²) in [6.45, 7) is 4.82. The highest BCUT2D eigenvalue weighted by Crippen LogP contribution is 2.27. The quantitative estimate of drug-likeness (QED) is 0.901. The van der Waals surface area contributed by atoms with Crippen molar-refractivity contribution in [3.05, 3.63) is 58.4 Å². The summed E-state index contributed by atoms with van der Waals surface area (Å²) in [4.78, 5) is 0. The van der Waals surface area contributed by atoms with Gasteiger partial charge in [0.1, 0.15) is 5.82 Å². The normalized spacial score (nSPS) is 10.7. The number of hydrogen-bond donors (Lipinski definition) is 1. The molecule has 0 saturated carbocycles. The molecule has 2 aromatic carbocycles. The zero-order valence-electron chi connectivity index (χ0n) is 12.0. The Balaban J connectivity index is 2.32. The first-order valence-electron chi connectivity index (χ1n) is 6.72. The lowest BCUT2D eigenvalue weighted by Gasteiger charge is -2.11. The third-order valence-electron chi connectivity index (χ3n) is 3.11. The molecule has 0 aliphatic rings. The lowest BCUT2D eigenvalue weighted by molar-refractivity contribution is 0.589. The maximum atomic E-state index is 13.5. The number of rotatable bonds is 4. The number of nitrogens with one attached hydrogen (secondary N) is 1. The Morgan fingerprint density at radius 1 is 1.19 bits per heavy atom. The van der Waals surface area contributed by atoms with Gasteiger partial charge in [-0.05, 0) is 41.0 Å². The molecule has 2 nitrogen and oxygen atoms in total. The summed E-state index contributed by atoms with van der Waals surface area (Å²) in [5.41, 5.74) is 2.74. The van der Waals surface area contributed by atoms with Gasteiger partial charge in [-0.25, -0.2) is 4.39 Å². The van der Waals surface area contributed by atoms with Crippen LogP contribution >= 0.6 is 11.6 Å². The smallest absolute Gasteiger partial charge is 0.125 e. The van der Waals surface area contributed by atoms with Crippen LogP contribution in [-0.4, -0.2) is 6.04 Å². The van der Waals surface area contributed by atoms with E-state index in [1.165, 1.54) is 12.1 Å². The van der Waals surface area contributed by atoms with Gasteiger partial charge in [-0.1, -0.05) is 37.6 Å². The predicted octanol–water partition coefficient (Wildman–Crippen LogP) is 4.52. The van der Waals surface area contributed by atoms with Crippen molar-refractivity contribution in [3.63, 3.8) is 0 Å². The van der Waals surface area contributed by atoms with Crippen molar-refractivity contribution >= 4 is 11.6 Å². The molecular formula is C17H16ClFN2. The monoisotopic (exact) mass is 302 g/mol. The van der Waals surface area contributed by atoms with Crippen LogP contribution in [0.4, 0.5) is 4.39 Å². The van der Waals surface area contributed by atoms with Crippen molar-refractivity contribution in [1.82, 2.24) is 5.32 Å². The van der Waals surface area contributed by atoms with Gasteiger partial charge in [0.15, 0.2) is 0 Å². The molecule has 0 amide bonds. The molecule has 1 N–H and O–H groups in total. The molecule has 108 valence electrons. The van der Waals surface area contributed by atoms with Crippen LogP contribution in [0, 0.1) is 17.1 Å². The van der Waals surface area contributed by atoms with E-state index in [1.54, 1.807) is 12.1 Å². The Bertz CT molecular complexity index is 690. The minimum absolute atomic E-state index is 0.298. The van der Waals surface area contributed by atoms with E-state index < -0.39 is 5.82 Å². The number of hydrogen-bond acceptors (Lipinski definition) is 2. The Hall–Kier alpha value is -1.89. The minimum Gasteiger partial charge on any atom is -0.310 e. The van der Waals surface area contributed by atoms with Gasteiger partial charge in [-0.3, -0.25) is 0 Å². The number of nitrogens with zero attached hydrogens (tertiary/aromatic N) is 1. The highest BCUT2D eigenvalue weighted by atomic mass is 35.5. The summed E-state index contributed by atoms with van der Waals surface area (Å²) >= 11 is 6.28. The van der Waals surface area contributed by atoms with Gasteiger partial charge in [0.05, 0.1) is 11.6 Å². The Kier molecular flexibility index (Phi) is 4.95. The second kappa shape index (κ2) is 6.71. The van der Waals surface area contributed by atoms with Crippen molar-refractivity contribution in [1.29, 1.82) is 5.26 Å². The fourth-order valence-electron chi connectivity index (χ4n) is 2.01. The van der Waals surface area contributed by atoms with Crippen LogP contribution in [0.5, 0.6) is 0 Å². The van der Waals surface area contributed by atoms with Crippen LogP contribution < -0.4 is 5.32 Å². The summed E-state index contributed by atoms with van der Waals surface area (Å²) < 4.78 is 13.5. The van der Waals surface area contributed by atoms with Gasteiger partial charge >= 0.3 is 0 Å². The van der Waals surface area contributed by atoms with Gasteiger partial charge in [0.2, 0.25) is 0 Å². The van der Waals surface area contributed by atoms with E-state index in [4.69, 9.17) is 16.9 Å². The van der Waals surface area contributed by atoms with E-state index in [0.717, 1.165) is 11.1 Å². The summed E-state index contributed by atoms with van der Waals surface area (Å²) in [5.74, 6) is -0.425. The van der Waals surface area contributed by atoms with E-state index in [9.17, 15) is 4.39 Å². The molecule has 0 fully saturated rings. The molecule has 0 heterocycles. The third kappa shape index (κ3) is 4.04. The first-order valence-corrected chi connectivity index (χ1v) is 7.10. The van der Waals surface area contributed by atoms with Crippen LogP contribution in [0.15, 0.2) is 36.4 Å². The van der Waals surface area contributed by atoms with Crippen LogP contribution in [0.3, 0.4) is 0 Å². The van der Waals surface area contributed by atoms with E-state index >= 15 is 0 Å². The molecule has 0 bridgehead atoms. The molecule has 2 aromatic rings. The van der Waals surface area contributed by atoms with E-state index in [1.807, 2.05) is 18.2 Å². The van der Waals surface area contributed by atoms with E-state index in [2.05, 4.69) is 19.2 Å². The summed E-state index contributed by atoms with van der Waals surface area (Å²) in [5, 5.41) is 12.8. The molecule has 2 rings (SSSR count). The van der Waals surface area contributed by atoms with E-state index in [0.29, 0.717) is 28.7 Å². The molecule has 0 spiro atoms. The molecule has 0 radical (unpaired) electrons. The van der Waals surface area contributed by atoms with Crippen molar-refractivity contribution in [2.45, 2.75) is 26.4 Å². The second-order valence-electron chi connectivity index (χ2n) is 5.18. The Labute approximate surface area is 129 Å². The van der Waals surface area contributed by atoms with Crippen LogP contribution in [0.2, 0.25) is 5.02 Å². The average Bonchev–Trinajstić information content (AvgIpc) is 2.45. The van der Waals surface area contributed by atoms with Gasteiger partial charge in [0.25, 0.3) is 0 Å². The van der Waals surface area contributed by atoms with Crippen LogP contribution in [0.25, 0.3) is 11.1 Å². The zero-order valence-corrected chi connectivity index (χ0v) is 12.7. The van der Waals surface area contributed by atoms with Crippen molar-refractivity contribution in [3.8, 4) is 17.2 Å². The molecule has 4 heteroatoms. The van der Waals surface area contributed by atoms with Crippen LogP contribution in [0.1, 0.15) is 25.0 Å². The SMILES string of the molecule is CC(C)NCc1ccc(-c2cc(F)cc(C#N)c2)cc1Cl. The fourth-order valence-corrected chi connectivity index (χ4v) is 2.25. The highest BCUT2D eigenvalue weighted by Gasteiger charge is 2.07. The third-order valence-corrected chi connectivity index (χ3v) is 3.47. The molecule has 0 saturated heterocycles. The van der Waals surface area contributed by atoms with Crippen molar-refractivity contribution < 1.29 is 4.39 Å². The molecule has 0 unspecified atom stereocenters. The van der Waals surface area contributed by atoms with E-state index in [-0.39, 0.29) is 0 Å². The largest absolute Gasteiger partial charge is 0.310 e. The zero-order chi connectivity index (χ0) is 15.4. The van der Waals surface area contributed by atoms with Gasteiger partial charge < -0.3 is 5.32 Å². The summed E-state index contributed by atoms with van der Waals surface area (Å²) in [7, 11) is 0. The standard InChI is InChI=1S/C17H16ClFN2/c1-11(2)21-10-14-4-3-13(8-17(14)18)15-5-12(9-20)6-16(19)7-15/h3-8,11,21H,10H2,1-2H3. The molecule has 0 aliphatic heterocycles. The lowest BCUT2D eigenvalue weighted by Crippen LogP contribution is -2.21. The molecule has 0 aromatic heterocycles. The highest BCUT2D eigenvalue weighted by molar-refractivity contribution is 6.31. The first-order chi connectivity index (χ1) is 9.99. The second-order valence-corrected chi connectivity index (χ2v) is 5.59. The Morgan fingerprint density at radius 3 is 2.57 bits per heavy atom. The number of nitriles is 1. The van der Waals surface area contributed by atoms with Gasteiger partial charge in [-0.15, -0.1) is 0 Å². The first kappa shape index (κ1) is 15.5. The van der Waals surface area contributed by atoms with Crippen molar-refractivity contribution in [2.24, 2.45) is 0 Å². The molecule has 0 aliphatic carbocycles. The number of halogens is 2. The van der Waals surface area contributed by atoms with Gasteiger partial charge in [-0.2, -0.15) is 5.26 Å². The van der Waals surface area contributed by atoms with Crippen molar-refractivity contribution in [2.75, 3.05) is 0 Å². The lowest BCUT2D eigenvalue weighted by atomic mass is 10.0. The van der Waals surface area contributed by atoms with Gasteiger partial charge in [0, 0.05) is 17.6 Å². The fraction of sp³-hybridized carbons (Fsp3) is 0.235. The average molecular weight is 303 g/mol. The summed E-state index contributed by atoms with van der Waals surface area (Å²) in [6.07, 6.45) is 0. The Morgan fingerprint density at radius 2 is 1.95 bits per heavy atom. The molecule has 21 heavy (non-hydrogen) atoms. The maximum absolute atomic E-state index is 13.5. The molecular weight excluding hydrogens is 287 g/mol. The predicted molar refractivity (Wildman–Crippen MR) is 83.5 cm³/mol. The number of benzene rings is 2. The maximum Gasteiger partial charge on any atom is 0.125 e. The summed E-state index contributed by atoms with van der Waals surface area (Å²) in [6, 6.07) is 12.2. The molecule has 0 atom stereocenters. The minimum atomic E-state index is -0.425. The van der Waals surface area contributed by atoms with Crippen LogP contribution in [-0.2, 0) is 6.54 Å². The topological polar surface area (TPSA) is 35.8 Å².